The van der Waals surface area contributed by atoms with E-state index in [0.29, 0.717) is 0 Å². The molecule has 1 unspecified atom stereocenters. The van der Waals surface area contributed by atoms with Crippen molar-refractivity contribution >= 4 is 17.6 Å². The highest BCUT2D eigenvalue weighted by Crippen LogP contribution is 2.25. The van der Waals surface area contributed by atoms with Gasteiger partial charge in [-0.1, -0.05) is 0 Å². The Kier molecular flexibility index (Phi) is 4.55. The van der Waals surface area contributed by atoms with Crippen LogP contribution in [0.3, 0.4) is 0 Å². The monoisotopic (exact) mass is 278 g/mol. The number of ether oxygens (including phenoxy) is 2. The van der Waals surface area contributed by atoms with Gasteiger partial charge in [0.05, 0.1) is 14.2 Å². The minimum Gasteiger partial charge on any atom is -0.467 e. The fraction of sp³-hybridized carbons (Fsp3) is 0.500. The zero-order chi connectivity index (χ0) is 14.5. The lowest BCUT2D eigenvalue weighted by Gasteiger charge is -2.35. The summed E-state index contributed by atoms with van der Waals surface area (Å²) in [5.41, 5.74) is 1.02. The van der Waals surface area contributed by atoms with Gasteiger partial charge in [-0.15, -0.1) is 0 Å². The molecule has 0 aromatic carbocycles. The Labute approximate surface area is 117 Å². The third kappa shape index (κ3) is 2.89. The molecule has 6 heteroatoms. The highest BCUT2D eigenvalue weighted by Gasteiger charge is 2.30. The SMILES string of the molecule is COC(=O)c1cc(N2CCCCC2C(=O)OC)ccn1. The van der Waals surface area contributed by atoms with Crippen molar-refractivity contribution in [2.75, 3.05) is 25.7 Å². The maximum absolute atomic E-state index is 11.9. The van der Waals surface area contributed by atoms with Gasteiger partial charge in [-0.25, -0.2) is 14.6 Å². The highest BCUT2D eigenvalue weighted by atomic mass is 16.5. The third-order valence-electron chi connectivity index (χ3n) is 3.45. The molecule has 20 heavy (non-hydrogen) atoms. The van der Waals surface area contributed by atoms with Gasteiger partial charge < -0.3 is 14.4 Å². The number of pyridine rings is 1. The van der Waals surface area contributed by atoms with Gasteiger partial charge in [0.25, 0.3) is 0 Å². The summed E-state index contributed by atoms with van der Waals surface area (Å²) in [5.74, 6) is -0.736. The summed E-state index contributed by atoms with van der Waals surface area (Å²) in [6, 6.07) is 3.13. The molecule has 1 fully saturated rings. The molecule has 1 aliphatic heterocycles. The molecule has 0 radical (unpaired) electrons. The lowest BCUT2D eigenvalue weighted by molar-refractivity contribution is -0.142. The second kappa shape index (κ2) is 6.36. The molecule has 2 rings (SSSR count). The summed E-state index contributed by atoms with van der Waals surface area (Å²) < 4.78 is 9.51. The Morgan fingerprint density at radius 1 is 1.30 bits per heavy atom. The quantitative estimate of drug-likeness (QED) is 0.778. The van der Waals surface area contributed by atoms with E-state index in [1.807, 2.05) is 4.90 Å². The van der Waals surface area contributed by atoms with Gasteiger partial charge in [-0.3, -0.25) is 0 Å². The molecule has 0 saturated carbocycles. The number of methoxy groups -OCH3 is 2. The van der Waals surface area contributed by atoms with Crippen LogP contribution in [0.4, 0.5) is 5.69 Å². The Hall–Kier alpha value is -2.11. The van der Waals surface area contributed by atoms with Crippen molar-refractivity contribution in [3.63, 3.8) is 0 Å². The molecule has 0 spiro atoms. The average Bonchev–Trinajstić information content (AvgIpc) is 2.53. The number of carbonyl (C=O) groups is 2. The minimum atomic E-state index is -0.488. The lowest BCUT2D eigenvalue weighted by Crippen LogP contribution is -2.45. The van der Waals surface area contributed by atoms with Crippen LogP contribution in [0.5, 0.6) is 0 Å². The molecule has 0 aliphatic carbocycles. The van der Waals surface area contributed by atoms with Crippen molar-refractivity contribution in [2.24, 2.45) is 0 Å². The van der Waals surface area contributed by atoms with Crippen molar-refractivity contribution in [1.29, 1.82) is 0 Å². The van der Waals surface area contributed by atoms with Crippen molar-refractivity contribution in [3.8, 4) is 0 Å². The first-order chi connectivity index (χ1) is 9.67. The van der Waals surface area contributed by atoms with Crippen molar-refractivity contribution in [3.05, 3.63) is 24.0 Å². The van der Waals surface area contributed by atoms with E-state index in [4.69, 9.17) is 4.74 Å². The molecule has 1 aliphatic rings. The smallest absolute Gasteiger partial charge is 0.356 e. The van der Waals surface area contributed by atoms with Crippen LogP contribution in [-0.2, 0) is 14.3 Å². The molecule has 0 bridgehead atoms. The minimum absolute atomic E-state index is 0.235. The molecule has 108 valence electrons. The highest BCUT2D eigenvalue weighted by molar-refractivity contribution is 5.88. The molecular weight excluding hydrogens is 260 g/mol. The van der Waals surface area contributed by atoms with E-state index in [0.717, 1.165) is 31.5 Å². The predicted molar refractivity (Wildman–Crippen MR) is 72.6 cm³/mol. The standard InChI is InChI=1S/C14H18N2O4/c1-19-13(17)11-9-10(6-7-15-11)16-8-4-3-5-12(16)14(18)20-2/h6-7,9,12H,3-5,8H2,1-2H3. The van der Waals surface area contributed by atoms with Gasteiger partial charge in [-0.05, 0) is 31.4 Å². The molecule has 2 heterocycles. The Bertz CT molecular complexity index is 504. The summed E-state index contributed by atoms with van der Waals surface area (Å²) in [6.07, 6.45) is 4.29. The van der Waals surface area contributed by atoms with Gasteiger partial charge in [0.2, 0.25) is 0 Å². The van der Waals surface area contributed by atoms with Gasteiger partial charge in [0.15, 0.2) is 0 Å². The molecule has 1 aromatic rings. The van der Waals surface area contributed by atoms with E-state index in [1.54, 1.807) is 18.3 Å². The van der Waals surface area contributed by atoms with Gasteiger partial charge in [-0.2, -0.15) is 0 Å². The van der Waals surface area contributed by atoms with Crippen LogP contribution >= 0.6 is 0 Å². The lowest BCUT2D eigenvalue weighted by atomic mass is 10.0. The number of anilines is 1. The van der Waals surface area contributed by atoms with Crippen LogP contribution < -0.4 is 4.90 Å². The van der Waals surface area contributed by atoms with E-state index < -0.39 is 5.97 Å². The molecular formula is C14H18N2O4. The van der Waals surface area contributed by atoms with Crippen molar-refractivity contribution in [1.82, 2.24) is 4.98 Å². The van der Waals surface area contributed by atoms with E-state index in [-0.39, 0.29) is 17.7 Å². The van der Waals surface area contributed by atoms with Crippen LogP contribution in [0.25, 0.3) is 0 Å². The second-order valence-electron chi connectivity index (χ2n) is 4.62. The Morgan fingerprint density at radius 2 is 2.10 bits per heavy atom. The Morgan fingerprint density at radius 3 is 2.80 bits per heavy atom. The first kappa shape index (κ1) is 14.3. The van der Waals surface area contributed by atoms with Crippen LogP contribution in [-0.4, -0.2) is 43.7 Å². The first-order valence-corrected chi connectivity index (χ1v) is 6.56. The summed E-state index contributed by atoms with van der Waals surface area (Å²) in [7, 11) is 2.70. The fourth-order valence-corrected chi connectivity index (χ4v) is 2.44. The zero-order valence-corrected chi connectivity index (χ0v) is 11.7. The molecule has 6 nitrogen and oxygen atoms in total. The number of carbonyl (C=O) groups excluding carboxylic acids is 2. The summed E-state index contributed by atoms with van der Waals surface area (Å²) >= 11 is 0. The van der Waals surface area contributed by atoms with Gasteiger partial charge in [0, 0.05) is 18.4 Å². The topological polar surface area (TPSA) is 68.7 Å². The summed E-state index contributed by atoms with van der Waals surface area (Å²) in [5, 5.41) is 0. The molecule has 1 aromatic heterocycles. The second-order valence-corrected chi connectivity index (χ2v) is 4.62. The number of hydrogen-bond donors (Lipinski definition) is 0. The number of rotatable bonds is 3. The predicted octanol–water partition coefficient (Wildman–Crippen LogP) is 1.40. The molecule has 0 amide bonds. The number of nitrogens with zero attached hydrogens (tertiary/aromatic N) is 2. The maximum Gasteiger partial charge on any atom is 0.356 e. The van der Waals surface area contributed by atoms with E-state index in [2.05, 4.69) is 9.72 Å². The van der Waals surface area contributed by atoms with Crippen LogP contribution in [0, 0.1) is 0 Å². The largest absolute Gasteiger partial charge is 0.467 e. The molecule has 1 atom stereocenters. The zero-order valence-electron chi connectivity index (χ0n) is 11.7. The van der Waals surface area contributed by atoms with Gasteiger partial charge in [0.1, 0.15) is 11.7 Å². The number of aromatic nitrogens is 1. The number of hydrogen-bond acceptors (Lipinski definition) is 6. The van der Waals surface area contributed by atoms with Crippen LogP contribution in [0.15, 0.2) is 18.3 Å². The van der Waals surface area contributed by atoms with E-state index in [9.17, 15) is 9.59 Å². The average molecular weight is 278 g/mol. The van der Waals surface area contributed by atoms with Gasteiger partial charge >= 0.3 is 11.9 Å². The normalized spacial score (nSPS) is 18.5. The summed E-state index contributed by atoms with van der Waals surface area (Å²) in [4.78, 5) is 29.3. The fourth-order valence-electron chi connectivity index (χ4n) is 2.44. The first-order valence-electron chi connectivity index (χ1n) is 6.56. The van der Waals surface area contributed by atoms with E-state index in [1.165, 1.54) is 14.2 Å². The van der Waals surface area contributed by atoms with E-state index >= 15 is 0 Å². The van der Waals surface area contributed by atoms with Crippen LogP contribution in [0.2, 0.25) is 0 Å². The van der Waals surface area contributed by atoms with Crippen molar-refractivity contribution in [2.45, 2.75) is 25.3 Å². The molecule has 1 saturated heterocycles. The third-order valence-corrected chi connectivity index (χ3v) is 3.45. The summed E-state index contributed by atoms with van der Waals surface area (Å²) in [6.45, 7) is 0.754. The van der Waals surface area contributed by atoms with Crippen molar-refractivity contribution < 1.29 is 19.1 Å². The molecule has 0 N–H and O–H groups in total. The maximum atomic E-state index is 11.9. The number of piperidine rings is 1. The number of esters is 2. The Balaban J connectivity index is 2.28. The van der Waals surface area contributed by atoms with Crippen LogP contribution in [0.1, 0.15) is 29.8 Å².